The summed E-state index contributed by atoms with van der Waals surface area (Å²) in [4.78, 5) is 0. The highest BCUT2D eigenvalue weighted by Gasteiger charge is 1.92. The van der Waals surface area contributed by atoms with Crippen LogP contribution in [-0.4, -0.2) is 64.7 Å². The van der Waals surface area contributed by atoms with E-state index >= 15 is 0 Å². The molecular formula is C15H33NO3S. The fourth-order valence-electron chi connectivity index (χ4n) is 1.55. The first-order valence-corrected chi connectivity index (χ1v) is 9.24. The van der Waals surface area contributed by atoms with Gasteiger partial charge in [0.15, 0.2) is 0 Å². The van der Waals surface area contributed by atoms with Gasteiger partial charge in [-0.3, -0.25) is 0 Å². The highest BCUT2D eigenvalue weighted by Crippen LogP contribution is 1.97. The molecule has 0 aliphatic heterocycles. The van der Waals surface area contributed by atoms with E-state index in [1.165, 1.54) is 25.0 Å². The minimum Gasteiger partial charge on any atom is -0.379 e. The van der Waals surface area contributed by atoms with Crippen LogP contribution in [0.25, 0.3) is 0 Å². The standard InChI is InChI=1S/C15H33NO3S/c1-3-4-9-17-11-13-19-14-12-18-10-8-16-7-5-6-15-20-2/h16H,3-15H2,1-2H3. The Morgan fingerprint density at radius 3 is 2.05 bits per heavy atom. The maximum Gasteiger partial charge on any atom is 0.0701 e. The first-order chi connectivity index (χ1) is 9.91. The zero-order valence-electron chi connectivity index (χ0n) is 13.3. The van der Waals surface area contributed by atoms with E-state index < -0.39 is 0 Å². The van der Waals surface area contributed by atoms with E-state index in [-0.39, 0.29) is 0 Å². The number of hydrogen-bond donors (Lipinski definition) is 1. The number of ether oxygens (including phenoxy) is 3. The van der Waals surface area contributed by atoms with Crippen LogP contribution >= 0.6 is 11.8 Å². The van der Waals surface area contributed by atoms with Gasteiger partial charge in [0.25, 0.3) is 0 Å². The van der Waals surface area contributed by atoms with Crippen molar-refractivity contribution < 1.29 is 14.2 Å². The zero-order chi connectivity index (χ0) is 14.7. The minimum absolute atomic E-state index is 0.658. The first-order valence-electron chi connectivity index (χ1n) is 7.84. The molecule has 4 nitrogen and oxygen atoms in total. The molecule has 0 amide bonds. The van der Waals surface area contributed by atoms with Gasteiger partial charge in [0.1, 0.15) is 0 Å². The number of unbranched alkanes of at least 4 members (excludes halogenated alkanes) is 2. The van der Waals surface area contributed by atoms with Crippen molar-refractivity contribution in [1.29, 1.82) is 0 Å². The topological polar surface area (TPSA) is 39.7 Å². The molecule has 0 atom stereocenters. The Labute approximate surface area is 129 Å². The molecule has 0 fully saturated rings. The lowest BCUT2D eigenvalue weighted by Gasteiger charge is -2.07. The van der Waals surface area contributed by atoms with Crippen LogP contribution in [0, 0.1) is 0 Å². The summed E-state index contributed by atoms with van der Waals surface area (Å²) in [6.45, 7) is 8.48. The summed E-state index contributed by atoms with van der Waals surface area (Å²) in [6.07, 6.45) is 7.01. The molecule has 0 heterocycles. The predicted octanol–water partition coefficient (Wildman–Crippen LogP) is 2.57. The van der Waals surface area contributed by atoms with E-state index in [2.05, 4.69) is 18.5 Å². The lowest BCUT2D eigenvalue weighted by atomic mass is 10.3. The van der Waals surface area contributed by atoms with Crippen LogP contribution in [0.15, 0.2) is 0 Å². The molecule has 0 spiro atoms. The second-order valence-corrected chi connectivity index (χ2v) is 5.63. The third-order valence-corrected chi connectivity index (χ3v) is 3.46. The van der Waals surface area contributed by atoms with Gasteiger partial charge in [0.2, 0.25) is 0 Å². The van der Waals surface area contributed by atoms with Gasteiger partial charge in [-0.2, -0.15) is 11.8 Å². The Hall–Kier alpha value is 0.190. The quantitative estimate of drug-likeness (QED) is 0.418. The van der Waals surface area contributed by atoms with Crippen LogP contribution in [0.5, 0.6) is 0 Å². The van der Waals surface area contributed by atoms with Crippen molar-refractivity contribution >= 4 is 11.8 Å². The Morgan fingerprint density at radius 2 is 1.40 bits per heavy atom. The summed E-state index contributed by atoms with van der Waals surface area (Å²) in [5.74, 6) is 1.26. The Balaban J connectivity index is 2.89. The molecule has 0 bridgehead atoms. The molecule has 1 N–H and O–H groups in total. The first kappa shape index (κ1) is 20.2. The van der Waals surface area contributed by atoms with E-state index in [4.69, 9.17) is 14.2 Å². The highest BCUT2D eigenvalue weighted by atomic mass is 32.2. The molecule has 0 saturated heterocycles. The molecule has 0 rings (SSSR count). The van der Waals surface area contributed by atoms with Gasteiger partial charge in [0.05, 0.1) is 33.0 Å². The summed E-state index contributed by atoms with van der Waals surface area (Å²) in [6, 6.07) is 0. The molecular weight excluding hydrogens is 274 g/mol. The van der Waals surface area contributed by atoms with Crippen molar-refractivity contribution in [2.24, 2.45) is 0 Å². The smallest absolute Gasteiger partial charge is 0.0701 e. The van der Waals surface area contributed by atoms with Crippen LogP contribution in [0.3, 0.4) is 0 Å². The average Bonchev–Trinajstić information content (AvgIpc) is 2.47. The molecule has 122 valence electrons. The third kappa shape index (κ3) is 18.2. The van der Waals surface area contributed by atoms with Crippen molar-refractivity contribution in [1.82, 2.24) is 5.32 Å². The van der Waals surface area contributed by atoms with Crippen LogP contribution in [0.1, 0.15) is 32.6 Å². The molecule has 0 radical (unpaired) electrons. The molecule has 0 unspecified atom stereocenters. The van der Waals surface area contributed by atoms with Gasteiger partial charge in [-0.05, 0) is 37.8 Å². The lowest BCUT2D eigenvalue weighted by Crippen LogP contribution is -2.22. The molecule has 5 heteroatoms. The summed E-state index contributed by atoms with van der Waals surface area (Å²) in [5, 5.41) is 3.38. The van der Waals surface area contributed by atoms with Gasteiger partial charge in [-0.15, -0.1) is 0 Å². The lowest BCUT2D eigenvalue weighted by molar-refractivity contribution is 0.0147. The molecule has 0 aromatic heterocycles. The fourth-order valence-corrected chi connectivity index (χ4v) is 2.05. The number of rotatable bonds is 17. The summed E-state index contributed by atoms with van der Waals surface area (Å²) >= 11 is 1.91. The number of thioether (sulfide) groups is 1. The monoisotopic (exact) mass is 307 g/mol. The van der Waals surface area contributed by atoms with E-state index in [1.807, 2.05) is 11.8 Å². The molecule has 0 aliphatic carbocycles. The maximum absolute atomic E-state index is 5.47. The minimum atomic E-state index is 0.658. The van der Waals surface area contributed by atoms with Gasteiger partial charge < -0.3 is 19.5 Å². The number of hydrogen-bond acceptors (Lipinski definition) is 5. The maximum atomic E-state index is 5.47. The Kier molecular flexibility index (Phi) is 19.4. The van der Waals surface area contributed by atoms with E-state index in [0.717, 1.165) is 32.7 Å². The molecule has 0 aliphatic rings. The zero-order valence-corrected chi connectivity index (χ0v) is 14.1. The fraction of sp³-hybridized carbons (Fsp3) is 1.00. The Morgan fingerprint density at radius 1 is 0.750 bits per heavy atom. The van der Waals surface area contributed by atoms with Crippen LogP contribution in [0.2, 0.25) is 0 Å². The highest BCUT2D eigenvalue weighted by molar-refractivity contribution is 7.98. The summed E-state index contributed by atoms with van der Waals surface area (Å²) in [5.41, 5.74) is 0. The average molecular weight is 308 g/mol. The summed E-state index contributed by atoms with van der Waals surface area (Å²) < 4.78 is 16.3. The van der Waals surface area contributed by atoms with Crippen molar-refractivity contribution in [2.45, 2.75) is 32.6 Å². The van der Waals surface area contributed by atoms with Gasteiger partial charge in [-0.25, -0.2) is 0 Å². The van der Waals surface area contributed by atoms with Crippen molar-refractivity contribution in [2.75, 3.05) is 64.7 Å². The summed E-state index contributed by atoms with van der Waals surface area (Å²) in [7, 11) is 0. The van der Waals surface area contributed by atoms with Crippen molar-refractivity contribution in [3.8, 4) is 0 Å². The van der Waals surface area contributed by atoms with Gasteiger partial charge in [-0.1, -0.05) is 13.3 Å². The molecule has 0 aromatic carbocycles. The van der Waals surface area contributed by atoms with E-state index in [0.29, 0.717) is 26.4 Å². The second kappa shape index (κ2) is 19.2. The van der Waals surface area contributed by atoms with Gasteiger partial charge >= 0.3 is 0 Å². The van der Waals surface area contributed by atoms with Crippen LogP contribution in [-0.2, 0) is 14.2 Å². The largest absolute Gasteiger partial charge is 0.379 e. The molecule has 0 aromatic rings. The van der Waals surface area contributed by atoms with Crippen LogP contribution < -0.4 is 5.32 Å². The van der Waals surface area contributed by atoms with E-state index in [9.17, 15) is 0 Å². The molecule has 0 saturated carbocycles. The normalized spacial score (nSPS) is 11.1. The predicted molar refractivity (Wildman–Crippen MR) is 87.9 cm³/mol. The number of nitrogens with one attached hydrogen (secondary N) is 1. The van der Waals surface area contributed by atoms with Gasteiger partial charge in [0, 0.05) is 13.2 Å². The molecule has 20 heavy (non-hydrogen) atoms. The third-order valence-electron chi connectivity index (χ3n) is 2.76. The second-order valence-electron chi connectivity index (χ2n) is 4.64. The Bertz CT molecular complexity index is 155. The van der Waals surface area contributed by atoms with Crippen molar-refractivity contribution in [3.05, 3.63) is 0 Å². The van der Waals surface area contributed by atoms with Crippen molar-refractivity contribution in [3.63, 3.8) is 0 Å². The SMILES string of the molecule is CCCCOCCOCCOCCNCCCCSC. The van der Waals surface area contributed by atoms with Crippen LogP contribution in [0.4, 0.5) is 0 Å². The van der Waals surface area contributed by atoms with E-state index in [1.54, 1.807) is 0 Å².